The Hall–Kier alpha value is -1.08. The van der Waals surface area contributed by atoms with E-state index in [9.17, 15) is 0 Å². The van der Waals surface area contributed by atoms with E-state index >= 15 is 0 Å². The third-order valence-electron chi connectivity index (χ3n) is 1.93. The second-order valence-corrected chi connectivity index (χ2v) is 3.10. The topological polar surface area (TPSA) is 26.0 Å². The van der Waals surface area contributed by atoms with E-state index in [1.54, 1.807) is 0 Å². The van der Waals surface area contributed by atoms with Gasteiger partial charge in [-0.25, -0.2) is 0 Å². The standard InChI is InChI=1S/C12H17N/c13-11-7-2-1-4-8-12-9-5-3-6-10-12/h3-6,8-10H,1-2,7,11,13H2/b8-4+. The van der Waals surface area contributed by atoms with Crippen LogP contribution in [0.1, 0.15) is 24.8 Å². The molecule has 13 heavy (non-hydrogen) atoms. The van der Waals surface area contributed by atoms with Crippen LogP contribution in [0, 0.1) is 0 Å². The molecule has 0 aromatic heterocycles. The average Bonchev–Trinajstić information content (AvgIpc) is 2.19. The van der Waals surface area contributed by atoms with E-state index in [4.69, 9.17) is 5.73 Å². The third kappa shape index (κ3) is 4.48. The van der Waals surface area contributed by atoms with Crippen molar-refractivity contribution in [3.8, 4) is 0 Å². The normalized spacial score (nSPS) is 10.8. The van der Waals surface area contributed by atoms with Gasteiger partial charge in [0, 0.05) is 0 Å². The highest BCUT2D eigenvalue weighted by Crippen LogP contribution is 2.03. The van der Waals surface area contributed by atoms with Crippen LogP contribution < -0.4 is 5.73 Å². The number of allylic oxidation sites excluding steroid dienone is 1. The lowest BCUT2D eigenvalue weighted by Crippen LogP contribution is -1.96. The highest BCUT2D eigenvalue weighted by atomic mass is 14.5. The summed E-state index contributed by atoms with van der Waals surface area (Å²) < 4.78 is 0. The minimum Gasteiger partial charge on any atom is -0.330 e. The summed E-state index contributed by atoms with van der Waals surface area (Å²) in [5.74, 6) is 0. The predicted octanol–water partition coefficient (Wildman–Crippen LogP) is 2.83. The first-order valence-electron chi connectivity index (χ1n) is 4.85. The smallest absolute Gasteiger partial charge is 0.00772 e. The van der Waals surface area contributed by atoms with Gasteiger partial charge >= 0.3 is 0 Å². The van der Waals surface area contributed by atoms with Gasteiger partial charge in [0.1, 0.15) is 0 Å². The van der Waals surface area contributed by atoms with E-state index < -0.39 is 0 Å². The summed E-state index contributed by atoms with van der Waals surface area (Å²) in [6.07, 6.45) is 7.83. The molecule has 1 rings (SSSR count). The van der Waals surface area contributed by atoms with Crippen molar-refractivity contribution in [2.24, 2.45) is 5.73 Å². The summed E-state index contributed by atoms with van der Waals surface area (Å²) in [5.41, 5.74) is 6.67. The van der Waals surface area contributed by atoms with E-state index in [1.807, 2.05) is 6.07 Å². The third-order valence-corrected chi connectivity index (χ3v) is 1.93. The number of hydrogen-bond donors (Lipinski definition) is 1. The van der Waals surface area contributed by atoms with Crippen LogP contribution in [0.5, 0.6) is 0 Å². The maximum atomic E-state index is 5.40. The summed E-state index contributed by atoms with van der Waals surface area (Å²) in [6, 6.07) is 10.4. The molecule has 0 atom stereocenters. The van der Waals surface area contributed by atoms with Crippen molar-refractivity contribution in [1.29, 1.82) is 0 Å². The first-order valence-corrected chi connectivity index (χ1v) is 4.85. The molecule has 2 N–H and O–H groups in total. The molecule has 0 aliphatic heterocycles. The van der Waals surface area contributed by atoms with Crippen molar-refractivity contribution in [1.82, 2.24) is 0 Å². The van der Waals surface area contributed by atoms with Crippen LogP contribution in [0.4, 0.5) is 0 Å². The summed E-state index contributed by atoms with van der Waals surface area (Å²) in [4.78, 5) is 0. The molecule has 0 fully saturated rings. The molecule has 0 unspecified atom stereocenters. The van der Waals surface area contributed by atoms with E-state index in [-0.39, 0.29) is 0 Å². The molecule has 0 saturated carbocycles. The van der Waals surface area contributed by atoms with Crippen molar-refractivity contribution < 1.29 is 0 Å². The molecule has 0 saturated heterocycles. The summed E-state index contributed by atoms with van der Waals surface area (Å²) in [6.45, 7) is 0.805. The Labute approximate surface area is 80.3 Å². The van der Waals surface area contributed by atoms with Crippen LogP contribution in [-0.4, -0.2) is 6.54 Å². The van der Waals surface area contributed by atoms with Crippen molar-refractivity contribution in [2.45, 2.75) is 19.3 Å². The summed E-state index contributed by atoms with van der Waals surface area (Å²) in [7, 11) is 0. The van der Waals surface area contributed by atoms with Gasteiger partial charge in [-0.1, -0.05) is 42.5 Å². The van der Waals surface area contributed by atoms with Gasteiger partial charge in [-0.2, -0.15) is 0 Å². The maximum absolute atomic E-state index is 5.40. The molecular formula is C12H17N. The lowest BCUT2D eigenvalue weighted by molar-refractivity contribution is 0.760. The molecule has 0 aliphatic rings. The second-order valence-electron chi connectivity index (χ2n) is 3.10. The van der Waals surface area contributed by atoms with Gasteiger partial charge in [0.05, 0.1) is 0 Å². The van der Waals surface area contributed by atoms with Crippen LogP contribution >= 0.6 is 0 Å². The fourth-order valence-corrected chi connectivity index (χ4v) is 1.19. The molecule has 0 radical (unpaired) electrons. The number of benzene rings is 1. The molecule has 0 aliphatic carbocycles. The number of unbranched alkanes of at least 4 members (excludes halogenated alkanes) is 2. The lowest BCUT2D eigenvalue weighted by Gasteiger charge is -1.93. The Morgan fingerprint density at radius 3 is 2.54 bits per heavy atom. The Morgan fingerprint density at radius 2 is 1.85 bits per heavy atom. The highest BCUT2D eigenvalue weighted by molar-refractivity contribution is 5.48. The van der Waals surface area contributed by atoms with Crippen LogP contribution in [0.25, 0.3) is 6.08 Å². The summed E-state index contributed by atoms with van der Waals surface area (Å²) in [5, 5.41) is 0. The van der Waals surface area contributed by atoms with Crippen molar-refractivity contribution in [3.63, 3.8) is 0 Å². The molecule has 0 amide bonds. The number of hydrogen-bond acceptors (Lipinski definition) is 1. The van der Waals surface area contributed by atoms with Crippen molar-refractivity contribution in [2.75, 3.05) is 6.54 Å². The molecule has 0 spiro atoms. The average molecular weight is 175 g/mol. The van der Waals surface area contributed by atoms with E-state index in [1.165, 1.54) is 12.0 Å². The van der Waals surface area contributed by atoms with Crippen molar-refractivity contribution in [3.05, 3.63) is 42.0 Å². The van der Waals surface area contributed by atoms with Gasteiger partial charge in [0.2, 0.25) is 0 Å². The van der Waals surface area contributed by atoms with Gasteiger partial charge < -0.3 is 5.73 Å². The fourth-order valence-electron chi connectivity index (χ4n) is 1.19. The Balaban J connectivity index is 2.25. The minimum absolute atomic E-state index is 0.805. The number of nitrogens with two attached hydrogens (primary N) is 1. The van der Waals surface area contributed by atoms with Gasteiger partial charge in [-0.15, -0.1) is 0 Å². The minimum atomic E-state index is 0.805. The van der Waals surface area contributed by atoms with E-state index in [2.05, 4.69) is 36.4 Å². The Morgan fingerprint density at radius 1 is 1.08 bits per heavy atom. The highest BCUT2D eigenvalue weighted by Gasteiger charge is 1.83. The van der Waals surface area contributed by atoms with Crippen LogP contribution in [0.2, 0.25) is 0 Å². The maximum Gasteiger partial charge on any atom is -0.00772 e. The Kier molecular flexibility index (Phi) is 4.95. The largest absolute Gasteiger partial charge is 0.330 e. The van der Waals surface area contributed by atoms with Crippen LogP contribution in [-0.2, 0) is 0 Å². The van der Waals surface area contributed by atoms with Gasteiger partial charge in [0.25, 0.3) is 0 Å². The van der Waals surface area contributed by atoms with Crippen LogP contribution in [0.3, 0.4) is 0 Å². The molecule has 1 aromatic rings. The number of rotatable bonds is 5. The van der Waals surface area contributed by atoms with Crippen molar-refractivity contribution >= 4 is 6.08 Å². The van der Waals surface area contributed by atoms with Gasteiger partial charge in [-0.3, -0.25) is 0 Å². The quantitative estimate of drug-likeness (QED) is 0.684. The second kappa shape index (κ2) is 6.44. The molecule has 0 heterocycles. The van der Waals surface area contributed by atoms with Crippen LogP contribution in [0.15, 0.2) is 36.4 Å². The molecule has 1 heteroatoms. The molecule has 1 aromatic carbocycles. The van der Waals surface area contributed by atoms with E-state index in [0.29, 0.717) is 0 Å². The zero-order chi connectivity index (χ0) is 9.36. The monoisotopic (exact) mass is 175 g/mol. The molecular weight excluding hydrogens is 158 g/mol. The first kappa shape index (κ1) is 10.0. The van der Waals surface area contributed by atoms with Gasteiger partial charge in [0.15, 0.2) is 0 Å². The SMILES string of the molecule is NCCCC/C=C/c1ccccc1. The summed E-state index contributed by atoms with van der Waals surface area (Å²) >= 11 is 0. The fraction of sp³-hybridized carbons (Fsp3) is 0.333. The Bertz CT molecular complexity index is 239. The van der Waals surface area contributed by atoms with Gasteiger partial charge in [-0.05, 0) is 31.4 Å². The molecule has 0 bridgehead atoms. The zero-order valence-electron chi connectivity index (χ0n) is 7.95. The van der Waals surface area contributed by atoms with E-state index in [0.717, 1.165) is 19.4 Å². The lowest BCUT2D eigenvalue weighted by atomic mass is 10.1. The first-order chi connectivity index (χ1) is 6.43. The zero-order valence-corrected chi connectivity index (χ0v) is 7.95. The predicted molar refractivity (Wildman–Crippen MR) is 58.4 cm³/mol. The molecule has 1 nitrogen and oxygen atoms in total. The molecule has 70 valence electrons.